The smallest absolute Gasteiger partial charge is 0.236 e. The number of nitrogens with zero attached hydrogens (tertiary/aromatic N) is 3. The lowest BCUT2D eigenvalue weighted by atomic mass is 10.0. The molecule has 2 aliphatic heterocycles. The maximum Gasteiger partial charge on any atom is 0.236 e. The van der Waals surface area contributed by atoms with Gasteiger partial charge < -0.3 is 19.9 Å². The lowest BCUT2D eigenvalue weighted by Gasteiger charge is -2.37. The second-order valence-electron chi connectivity index (χ2n) is 7.26. The number of hydrogen-bond acceptors (Lipinski definition) is 5. The van der Waals surface area contributed by atoms with Crippen LogP contribution in [0.25, 0.3) is 0 Å². The summed E-state index contributed by atoms with van der Waals surface area (Å²) in [6, 6.07) is 8.31. The van der Waals surface area contributed by atoms with Crippen LogP contribution in [0.2, 0.25) is 0 Å². The van der Waals surface area contributed by atoms with Crippen LogP contribution in [0.3, 0.4) is 0 Å². The summed E-state index contributed by atoms with van der Waals surface area (Å²) in [5.74, 6) is 1.13. The second-order valence-corrected chi connectivity index (χ2v) is 7.26. The number of likely N-dealkylation sites (tertiary alicyclic amines) is 1. The summed E-state index contributed by atoms with van der Waals surface area (Å²) in [5, 5.41) is 3.56. The zero-order valence-corrected chi connectivity index (χ0v) is 16.1. The number of rotatable bonds is 6. The number of piperidine rings is 1. The average Bonchev–Trinajstić information content (AvgIpc) is 2.69. The summed E-state index contributed by atoms with van der Waals surface area (Å²) in [5.41, 5.74) is 1.08. The molecule has 6 heteroatoms. The van der Waals surface area contributed by atoms with Crippen molar-refractivity contribution in [1.82, 2.24) is 14.7 Å². The summed E-state index contributed by atoms with van der Waals surface area (Å²) in [4.78, 5) is 19.5. The molecule has 0 saturated carbocycles. The maximum atomic E-state index is 12.7. The number of carbonyl (C=O) groups excluding carboxylic acids is 1. The summed E-state index contributed by atoms with van der Waals surface area (Å²) in [7, 11) is 1.68. The van der Waals surface area contributed by atoms with E-state index in [1.807, 2.05) is 29.2 Å². The normalized spacial score (nSPS) is 22.2. The number of hydrogen-bond donors (Lipinski definition) is 1. The molecular weight excluding hydrogens is 328 g/mol. The van der Waals surface area contributed by atoms with E-state index in [2.05, 4.69) is 22.0 Å². The van der Waals surface area contributed by atoms with E-state index in [-0.39, 0.29) is 5.91 Å². The van der Waals surface area contributed by atoms with Gasteiger partial charge in [0.25, 0.3) is 0 Å². The molecule has 3 rings (SSSR count). The van der Waals surface area contributed by atoms with Crippen LogP contribution in [-0.2, 0) is 4.79 Å². The fraction of sp³-hybridized carbons (Fsp3) is 0.650. The average molecular weight is 361 g/mol. The third-order valence-corrected chi connectivity index (χ3v) is 5.51. The molecule has 2 aliphatic rings. The van der Waals surface area contributed by atoms with E-state index < -0.39 is 0 Å². The molecule has 26 heavy (non-hydrogen) atoms. The largest absolute Gasteiger partial charge is 0.497 e. The van der Waals surface area contributed by atoms with E-state index in [0.29, 0.717) is 12.6 Å². The number of ether oxygens (including phenoxy) is 1. The highest BCUT2D eigenvalue weighted by Crippen LogP contribution is 2.19. The van der Waals surface area contributed by atoms with E-state index in [1.165, 1.54) is 0 Å². The van der Waals surface area contributed by atoms with Crippen molar-refractivity contribution in [2.45, 2.75) is 25.8 Å². The van der Waals surface area contributed by atoms with Gasteiger partial charge in [-0.1, -0.05) is 6.92 Å². The number of nitrogens with one attached hydrogen (secondary N) is 1. The molecule has 0 aromatic heterocycles. The monoisotopic (exact) mass is 360 g/mol. The lowest BCUT2D eigenvalue weighted by molar-refractivity contribution is -0.133. The molecule has 1 unspecified atom stereocenters. The van der Waals surface area contributed by atoms with Gasteiger partial charge in [0.15, 0.2) is 0 Å². The number of benzene rings is 1. The van der Waals surface area contributed by atoms with E-state index in [0.717, 1.165) is 70.1 Å². The van der Waals surface area contributed by atoms with Gasteiger partial charge in [-0.2, -0.15) is 0 Å². The highest BCUT2D eigenvalue weighted by atomic mass is 16.5. The second kappa shape index (κ2) is 9.24. The molecule has 144 valence electrons. The summed E-state index contributed by atoms with van der Waals surface area (Å²) < 4.78 is 5.21. The molecule has 0 radical (unpaired) electrons. The first-order valence-electron chi connectivity index (χ1n) is 9.81. The fourth-order valence-corrected chi connectivity index (χ4v) is 3.80. The van der Waals surface area contributed by atoms with Crippen LogP contribution in [0.5, 0.6) is 5.75 Å². The van der Waals surface area contributed by atoms with Gasteiger partial charge in [0.2, 0.25) is 5.91 Å². The molecule has 1 amide bonds. The Morgan fingerprint density at radius 3 is 2.46 bits per heavy atom. The van der Waals surface area contributed by atoms with Crippen molar-refractivity contribution in [1.29, 1.82) is 0 Å². The number of anilines is 1. The van der Waals surface area contributed by atoms with Crippen molar-refractivity contribution in [3.8, 4) is 5.75 Å². The van der Waals surface area contributed by atoms with Gasteiger partial charge in [-0.05, 0) is 43.7 Å². The first kappa shape index (κ1) is 19.0. The van der Waals surface area contributed by atoms with Crippen LogP contribution in [-0.4, -0.2) is 86.1 Å². The Kier molecular flexibility index (Phi) is 6.74. The molecule has 2 heterocycles. The Balaban J connectivity index is 1.47. The Bertz CT molecular complexity index is 570. The van der Waals surface area contributed by atoms with Gasteiger partial charge in [-0.15, -0.1) is 0 Å². The van der Waals surface area contributed by atoms with E-state index in [4.69, 9.17) is 4.74 Å². The highest BCUT2D eigenvalue weighted by Gasteiger charge is 2.26. The molecule has 1 atom stereocenters. The SMILES string of the molecule is CCN1CCN(CC(=O)N2CCCC(Nc3ccc(OC)cc3)C2)CC1. The Labute approximate surface area is 157 Å². The lowest BCUT2D eigenvalue weighted by Crippen LogP contribution is -2.52. The third kappa shape index (κ3) is 5.11. The van der Waals surface area contributed by atoms with Crippen LogP contribution in [0.15, 0.2) is 24.3 Å². The zero-order valence-electron chi connectivity index (χ0n) is 16.1. The standard InChI is InChI=1S/C20H32N4O2/c1-3-22-11-13-23(14-12-22)16-20(25)24-10-4-5-18(15-24)21-17-6-8-19(26-2)9-7-17/h6-9,18,21H,3-5,10-16H2,1-2H3. The molecular formula is C20H32N4O2. The van der Waals surface area contributed by atoms with Gasteiger partial charge in [0, 0.05) is 51.0 Å². The number of methoxy groups -OCH3 is 1. The molecule has 0 spiro atoms. The quantitative estimate of drug-likeness (QED) is 0.837. The third-order valence-electron chi connectivity index (χ3n) is 5.51. The summed E-state index contributed by atoms with van der Waals surface area (Å²) in [6.07, 6.45) is 2.16. The van der Waals surface area contributed by atoms with Crippen LogP contribution in [0.1, 0.15) is 19.8 Å². The van der Waals surface area contributed by atoms with Crippen molar-refractivity contribution in [2.24, 2.45) is 0 Å². The van der Waals surface area contributed by atoms with Crippen LogP contribution in [0, 0.1) is 0 Å². The maximum absolute atomic E-state index is 12.7. The Hall–Kier alpha value is -1.79. The van der Waals surface area contributed by atoms with Crippen molar-refractivity contribution in [3.63, 3.8) is 0 Å². The van der Waals surface area contributed by atoms with Crippen molar-refractivity contribution in [2.75, 3.05) is 64.8 Å². The van der Waals surface area contributed by atoms with Gasteiger partial charge in [0.1, 0.15) is 5.75 Å². The van der Waals surface area contributed by atoms with Gasteiger partial charge in [0.05, 0.1) is 13.7 Å². The molecule has 1 N–H and O–H groups in total. The molecule has 0 bridgehead atoms. The van der Waals surface area contributed by atoms with Crippen molar-refractivity contribution >= 4 is 11.6 Å². The number of piperazine rings is 1. The molecule has 2 saturated heterocycles. The first-order valence-corrected chi connectivity index (χ1v) is 9.81. The Morgan fingerprint density at radius 2 is 1.81 bits per heavy atom. The van der Waals surface area contributed by atoms with E-state index in [9.17, 15) is 4.79 Å². The summed E-state index contributed by atoms with van der Waals surface area (Å²) in [6.45, 7) is 9.69. The first-order chi connectivity index (χ1) is 12.7. The van der Waals surface area contributed by atoms with Crippen LogP contribution in [0.4, 0.5) is 5.69 Å². The predicted octanol–water partition coefficient (Wildman–Crippen LogP) is 1.74. The van der Waals surface area contributed by atoms with Gasteiger partial charge >= 0.3 is 0 Å². The van der Waals surface area contributed by atoms with Gasteiger partial charge in [-0.25, -0.2) is 0 Å². The Morgan fingerprint density at radius 1 is 1.12 bits per heavy atom. The minimum absolute atomic E-state index is 0.274. The van der Waals surface area contributed by atoms with E-state index >= 15 is 0 Å². The highest BCUT2D eigenvalue weighted by molar-refractivity contribution is 5.78. The molecule has 6 nitrogen and oxygen atoms in total. The number of carbonyl (C=O) groups is 1. The van der Waals surface area contributed by atoms with Gasteiger partial charge in [-0.3, -0.25) is 9.69 Å². The molecule has 1 aromatic rings. The molecule has 1 aromatic carbocycles. The van der Waals surface area contributed by atoms with Crippen LogP contribution < -0.4 is 10.1 Å². The minimum Gasteiger partial charge on any atom is -0.497 e. The number of likely N-dealkylation sites (N-methyl/N-ethyl adjacent to an activating group) is 1. The van der Waals surface area contributed by atoms with Crippen molar-refractivity contribution < 1.29 is 9.53 Å². The molecule has 0 aliphatic carbocycles. The van der Waals surface area contributed by atoms with Crippen molar-refractivity contribution in [3.05, 3.63) is 24.3 Å². The molecule has 2 fully saturated rings. The fourth-order valence-electron chi connectivity index (χ4n) is 3.80. The topological polar surface area (TPSA) is 48.0 Å². The zero-order chi connectivity index (χ0) is 18.4. The minimum atomic E-state index is 0.274. The predicted molar refractivity (Wildman–Crippen MR) is 105 cm³/mol. The van der Waals surface area contributed by atoms with Crippen LogP contribution >= 0.6 is 0 Å². The van der Waals surface area contributed by atoms with E-state index in [1.54, 1.807) is 7.11 Å². The number of amides is 1. The summed E-state index contributed by atoms with van der Waals surface area (Å²) >= 11 is 0.